The van der Waals surface area contributed by atoms with Crippen LogP contribution < -0.4 is 10.6 Å². The molecule has 0 fully saturated rings. The van der Waals surface area contributed by atoms with Gasteiger partial charge in [-0.3, -0.25) is 5.32 Å². The molecule has 3 aromatic rings. The smallest absolute Gasteiger partial charge is 0.308 e. The fraction of sp³-hybridized carbons (Fsp3) is 0. The van der Waals surface area contributed by atoms with Gasteiger partial charge >= 0.3 is 6.03 Å². The second kappa shape index (κ2) is 5.67. The lowest BCUT2D eigenvalue weighted by atomic mass is 10.3. The average molecular weight is 322 g/mol. The van der Waals surface area contributed by atoms with Gasteiger partial charge in [0.2, 0.25) is 0 Å². The first-order valence-electron chi connectivity index (χ1n) is 6.00. The Bertz CT molecular complexity index is 804. The zero-order chi connectivity index (χ0) is 14.8. The predicted octanol–water partition coefficient (Wildman–Crippen LogP) is 4.73. The Labute approximate surface area is 128 Å². The molecular weight excluding hydrogens is 313 g/mol. The molecule has 1 heterocycles. The van der Waals surface area contributed by atoms with E-state index in [2.05, 4.69) is 15.6 Å². The van der Waals surface area contributed by atoms with Crippen LogP contribution in [0.3, 0.4) is 0 Å². The summed E-state index contributed by atoms with van der Waals surface area (Å²) in [7, 11) is 0. The standard InChI is InChI=1S/C14H9ClFN3OS/c15-10-2-1-3-11-12(10)21-14(18-11)19-13(20)17-9-6-4-8(16)5-7-9/h1-7H,(H2,17,18,19,20). The summed E-state index contributed by atoms with van der Waals surface area (Å²) in [6.07, 6.45) is 0. The molecule has 0 spiro atoms. The Morgan fingerprint density at radius 3 is 2.62 bits per heavy atom. The van der Waals surface area contributed by atoms with Crippen LogP contribution in [0, 0.1) is 5.82 Å². The summed E-state index contributed by atoms with van der Waals surface area (Å²) < 4.78 is 13.6. The first kappa shape index (κ1) is 13.8. The van der Waals surface area contributed by atoms with E-state index < -0.39 is 6.03 Å². The normalized spacial score (nSPS) is 10.6. The lowest BCUT2D eigenvalue weighted by molar-refractivity contribution is 0.262. The van der Waals surface area contributed by atoms with Crippen LogP contribution in [-0.2, 0) is 0 Å². The Hall–Kier alpha value is -2.18. The number of fused-ring (bicyclic) bond motifs is 1. The number of rotatable bonds is 2. The number of urea groups is 1. The molecule has 0 aliphatic carbocycles. The summed E-state index contributed by atoms with van der Waals surface area (Å²) in [5.74, 6) is -0.359. The molecule has 0 bridgehead atoms. The molecule has 1 aromatic heterocycles. The summed E-state index contributed by atoms with van der Waals surface area (Å²) in [5.41, 5.74) is 1.22. The third-order valence-electron chi connectivity index (χ3n) is 2.69. The number of halogens is 2. The summed E-state index contributed by atoms with van der Waals surface area (Å²) in [6.45, 7) is 0. The zero-order valence-electron chi connectivity index (χ0n) is 10.6. The van der Waals surface area contributed by atoms with Crippen LogP contribution in [0.1, 0.15) is 0 Å². The third kappa shape index (κ3) is 3.12. The first-order chi connectivity index (χ1) is 10.1. The average Bonchev–Trinajstić information content (AvgIpc) is 2.85. The molecule has 2 amide bonds. The van der Waals surface area contributed by atoms with Crippen LogP contribution in [0.5, 0.6) is 0 Å². The van der Waals surface area contributed by atoms with Crippen molar-refractivity contribution in [3.63, 3.8) is 0 Å². The summed E-state index contributed by atoms with van der Waals surface area (Å²) in [4.78, 5) is 16.1. The number of thiazole rings is 1. The summed E-state index contributed by atoms with van der Waals surface area (Å²) in [5, 5.41) is 6.26. The Kier molecular flexibility index (Phi) is 3.72. The van der Waals surface area contributed by atoms with Crippen molar-refractivity contribution in [1.82, 2.24) is 4.98 Å². The monoisotopic (exact) mass is 321 g/mol. The molecule has 7 heteroatoms. The summed E-state index contributed by atoms with van der Waals surface area (Å²) in [6, 6.07) is 10.4. The van der Waals surface area contributed by atoms with E-state index in [-0.39, 0.29) is 5.82 Å². The van der Waals surface area contributed by atoms with Gasteiger partial charge in [-0.2, -0.15) is 0 Å². The van der Waals surface area contributed by atoms with Crippen molar-refractivity contribution < 1.29 is 9.18 Å². The fourth-order valence-corrected chi connectivity index (χ4v) is 2.91. The number of hydrogen-bond acceptors (Lipinski definition) is 3. The number of hydrogen-bond donors (Lipinski definition) is 2. The maximum atomic E-state index is 12.8. The molecule has 21 heavy (non-hydrogen) atoms. The van der Waals surface area contributed by atoms with Gasteiger partial charge in [-0.05, 0) is 36.4 Å². The van der Waals surface area contributed by atoms with Crippen LogP contribution in [0.4, 0.5) is 20.0 Å². The van der Waals surface area contributed by atoms with Gasteiger partial charge in [0.15, 0.2) is 5.13 Å². The number of carbonyl (C=O) groups is 1. The van der Waals surface area contributed by atoms with Crippen molar-refractivity contribution in [3.8, 4) is 0 Å². The van der Waals surface area contributed by atoms with E-state index >= 15 is 0 Å². The Morgan fingerprint density at radius 2 is 1.90 bits per heavy atom. The molecule has 0 atom stereocenters. The minimum absolute atomic E-state index is 0.359. The molecule has 0 saturated carbocycles. The number of amides is 2. The summed E-state index contributed by atoms with van der Waals surface area (Å²) >= 11 is 7.35. The van der Waals surface area contributed by atoms with E-state index in [1.807, 2.05) is 6.07 Å². The highest BCUT2D eigenvalue weighted by atomic mass is 35.5. The second-order valence-electron chi connectivity index (χ2n) is 4.19. The zero-order valence-corrected chi connectivity index (χ0v) is 12.1. The molecule has 3 rings (SSSR count). The molecule has 0 saturated heterocycles. The molecule has 0 unspecified atom stereocenters. The minimum Gasteiger partial charge on any atom is -0.308 e. The van der Waals surface area contributed by atoms with Crippen molar-refractivity contribution in [3.05, 3.63) is 53.3 Å². The molecular formula is C14H9ClFN3OS. The molecule has 0 radical (unpaired) electrons. The number of benzene rings is 2. The highest BCUT2D eigenvalue weighted by Crippen LogP contribution is 2.31. The number of nitrogens with one attached hydrogen (secondary N) is 2. The van der Waals surface area contributed by atoms with E-state index in [9.17, 15) is 9.18 Å². The number of nitrogens with zero attached hydrogens (tertiary/aromatic N) is 1. The van der Waals surface area contributed by atoms with Crippen molar-refractivity contribution in [2.75, 3.05) is 10.6 Å². The molecule has 0 aliphatic heterocycles. The SMILES string of the molecule is O=C(Nc1ccc(F)cc1)Nc1nc2cccc(Cl)c2s1. The maximum absolute atomic E-state index is 12.8. The molecule has 0 aliphatic rings. The second-order valence-corrected chi connectivity index (χ2v) is 5.60. The van der Waals surface area contributed by atoms with Gasteiger partial charge in [-0.25, -0.2) is 14.2 Å². The molecule has 2 aromatic carbocycles. The van der Waals surface area contributed by atoms with Crippen LogP contribution in [0.25, 0.3) is 10.2 Å². The molecule has 106 valence electrons. The quantitative estimate of drug-likeness (QED) is 0.716. The topological polar surface area (TPSA) is 54.0 Å². The van der Waals surface area contributed by atoms with Gasteiger partial charge in [0, 0.05) is 5.69 Å². The first-order valence-corrected chi connectivity index (χ1v) is 7.20. The molecule has 4 nitrogen and oxygen atoms in total. The van der Waals surface area contributed by atoms with Crippen LogP contribution in [0.2, 0.25) is 5.02 Å². The Morgan fingerprint density at radius 1 is 1.14 bits per heavy atom. The highest BCUT2D eigenvalue weighted by Gasteiger charge is 2.09. The largest absolute Gasteiger partial charge is 0.325 e. The van der Waals surface area contributed by atoms with Crippen molar-refractivity contribution in [2.45, 2.75) is 0 Å². The van der Waals surface area contributed by atoms with Crippen molar-refractivity contribution in [1.29, 1.82) is 0 Å². The number of aromatic nitrogens is 1. The van der Waals surface area contributed by atoms with Gasteiger partial charge in [0.1, 0.15) is 5.82 Å². The molecule has 2 N–H and O–H groups in total. The number of anilines is 2. The third-order valence-corrected chi connectivity index (χ3v) is 4.14. The van der Waals surface area contributed by atoms with Gasteiger partial charge < -0.3 is 5.32 Å². The van der Waals surface area contributed by atoms with Gasteiger partial charge in [0.25, 0.3) is 0 Å². The Balaban J connectivity index is 1.74. The van der Waals surface area contributed by atoms with Gasteiger partial charge in [0.05, 0.1) is 15.2 Å². The van der Waals surface area contributed by atoms with Gasteiger partial charge in [-0.1, -0.05) is 29.0 Å². The lowest BCUT2D eigenvalue weighted by Crippen LogP contribution is -2.19. The van der Waals surface area contributed by atoms with Crippen LogP contribution >= 0.6 is 22.9 Å². The predicted molar refractivity (Wildman–Crippen MR) is 83.7 cm³/mol. The van der Waals surface area contributed by atoms with E-state index in [1.54, 1.807) is 12.1 Å². The van der Waals surface area contributed by atoms with E-state index in [0.29, 0.717) is 15.8 Å². The van der Waals surface area contributed by atoms with Gasteiger partial charge in [-0.15, -0.1) is 0 Å². The van der Waals surface area contributed by atoms with Crippen molar-refractivity contribution >= 4 is 50.0 Å². The van der Waals surface area contributed by atoms with Crippen molar-refractivity contribution in [2.24, 2.45) is 0 Å². The lowest BCUT2D eigenvalue weighted by Gasteiger charge is -2.04. The van der Waals surface area contributed by atoms with E-state index in [0.717, 1.165) is 10.2 Å². The van der Waals surface area contributed by atoms with Crippen LogP contribution in [0.15, 0.2) is 42.5 Å². The maximum Gasteiger partial charge on any atom is 0.325 e. The highest BCUT2D eigenvalue weighted by molar-refractivity contribution is 7.23. The van der Waals surface area contributed by atoms with E-state index in [1.165, 1.54) is 35.6 Å². The fourth-order valence-electron chi connectivity index (χ4n) is 1.76. The number of carbonyl (C=O) groups excluding carboxylic acids is 1. The van der Waals surface area contributed by atoms with E-state index in [4.69, 9.17) is 11.6 Å². The minimum atomic E-state index is -0.447. The van der Waals surface area contributed by atoms with Crippen LogP contribution in [-0.4, -0.2) is 11.0 Å².